The quantitative estimate of drug-likeness (QED) is 0.412. The largest absolute Gasteiger partial charge is 0.359 e. The zero-order valence-corrected chi connectivity index (χ0v) is 15.6. The summed E-state index contributed by atoms with van der Waals surface area (Å²) in [7, 11) is 0. The van der Waals surface area contributed by atoms with Crippen molar-refractivity contribution in [3.05, 3.63) is 95.6 Å². The van der Waals surface area contributed by atoms with Crippen molar-refractivity contribution in [3.63, 3.8) is 0 Å². The maximum absolute atomic E-state index is 6.91. The van der Waals surface area contributed by atoms with Crippen molar-refractivity contribution in [2.75, 3.05) is 5.32 Å². The van der Waals surface area contributed by atoms with Crippen LogP contribution in [-0.4, -0.2) is 20.2 Å². The number of nitrogens with zero attached hydrogens (tertiary/aromatic N) is 4. The van der Waals surface area contributed by atoms with Crippen LogP contribution < -0.4 is 10.6 Å². The summed E-state index contributed by atoms with van der Waals surface area (Å²) in [4.78, 5) is 11.4. The first-order chi connectivity index (χ1) is 14.3. The fourth-order valence-electron chi connectivity index (χ4n) is 2.86. The molecule has 0 aliphatic rings. The fraction of sp³-hybridized carbons (Fsp3) is 0.0909. The van der Waals surface area contributed by atoms with E-state index < -0.39 is 0 Å². The van der Waals surface area contributed by atoms with Gasteiger partial charge in [0.15, 0.2) is 17.8 Å². The van der Waals surface area contributed by atoms with E-state index in [2.05, 4.69) is 72.0 Å². The van der Waals surface area contributed by atoms with Crippen molar-refractivity contribution in [3.8, 4) is 11.3 Å². The van der Waals surface area contributed by atoms with Crippen LogP contribution in [-0.2, 0) is 13.1 Å². The van der Waals surface area contributed by atoms with Crippen molar-refractivity contribution < 1.29 is 0 Å². The van der Waals surface area contributed by atoms with E-state index >= 15 is 0 Å². The maximum Gasteiger partial charge on any atom is 0.288 e. The highest BCUT2D eigenvalue weighted by Gasteiger charge is 2.06. The number of H-pyrrole nitrogens is 1. The van der Waals surface area contributed by atoms with Gasteiger partial charge in [0.1, 0.15) is 0 Å². The molecule has 0 spiro atoms. The lowest BCUT2D eigenvalue weighted by molar-refractivity contribution is 0.693. The average molecular weight is 381 g/mol. The van der Waals surface area contributed by atoms with Gasteiger partial charge >= 0.3 is 0 Å². The molecule has 0 radical (unpaired) electrons. The average Bonchev–Trinajstić information content (AvgIpc) is 3.24. The van der Waals surface area contributed by atoms with E-state index in [0.29, 0.717) is 11.6 Å². The van der Waals surface area contributed by atoms with Gasteiger partial charge in [-0.15, -0.1) is 4.98 Å². The Morgan fingerprint density at radius 2 is 1.62 bits per heavy atom. The molecule has 29 heavy (non-hydrogen) atoms. The van der Waals surface area contributed by atoms with Crippen LogP contribution in [0.1, 0.15) is 11.1 Å². The second-order valence-corrected chi connectivity index (χ2v) is 6.45. The standard InChI is InChI=1S/C22H19N7/c1-23-21-14-26-22(15-25-21)27-20-11-19(28-29-20)18-9-7-17(8-10-18)13-24-12-16-5-3-2-4-6-16/h2-11,14-15,24H,12-13H2,(H2,26,27,28,29). The van der Waals surface area contributed by atoms with E-state index in [4.69, 9.17) is 6.57 Å². The normalized spacial score (nSPS) is 10.4. The SMILES string of the molecule is [C-]#[N+]c1cnc(Nc2cc(-c3ccc(CNCc4ccccc4)cc3)[nH]n2)cn1. The first-order valence-corrected chi connectivity index (χ1v) is 9.16. The molecule has 142 valence electrons. The van der Waals surface area contributed by atoms with Gasteiger partial charge in [0.25, 0.3) is 5.82 Å². The highest BCUT2D eigenvalue weighted by atomic mass is 15.2. The van der Waals surface area contributed by atoms with Crippen LogP contribution in [0, 0.1) is 6.57 Å². The molecule has 0 amide bonds. The van der Waals surface area contributed by atoms with E-state index in [9.17, 15) is 0 Å². The number of rotatable bonds is 7. The summed E-state index contributed by atoms with van der Waals surface area (Å²) < 4.78 is 0. The molecule has 3 N–H and O–H groups in total. The van der Waals surface area contributed by atoms with E-state index in [0.717, 1.165) is 24.3 Å². The maximum atomic E-state index is 6.91. The number of aromatic nitrogens is 4. The zero-order valence-electron chi connectivity index (χ0n) is 15.6. The molecule has 4 aromatic rings. The Bertz CT molecular complexity index is 1090. The summed E-state index contributed by atoms with van der Waals surface area (Å²) in [6.07, 6.45) is 2.94. The van der Waals surface area contributed by atoms with Crippen LogP contribution in [0.4, 0.5) is 17.5 Å². The van der Waals surface area contributed by atoms with Crippen molar-refractivity contribution in [1.82, 2.24) is 25.5 Å². The van der Waals surface area contributed by atoms with Gasteiger partial charge in [-0.3, -0.25) is 5.10 Å². The number of nitrogens with one attached hydrogen (secondary N) is 3. The molecule has 0 unspecified atom stereocenters. The Labute approximate surface area is 168 Å². The molecule has 2 aromatic heterocycles. The lowest BCUT2D eigenvalue weighted by Crippen LogP contribution is -2.12. The predicted molar refractivity (Wildman–Crippen MR) is 113 cm³/mol. The highest BCUT2D eigenvalue weighted by molar-refractivity contribution is 5.65. The molecule has 7 heteroatoms. The topological polar surface area (TPSA) is 82.9 Å². The van der Waals surface area contributed by atoms with Gasteiger partial charge in [-0.2, -0.15) is 5.10 Å². The van der Waals surface area contributed by atoms with Crippen LogP contribution in [0.3, 0.4) is 0 Å². The molecule has 7 nitrogen and oxygen atoms in total. The Kier molecular flexibility index (Phi) is 5.55. The Morgan fingerprint density at radius 1 is 0.862 bits per heavy atom. The van der Waals surface area contributed by atoms with Crippen molar-refractivity contribution >= 4 is 17.5 Å². The molecule has 0 saturated carbocycles. The smallest absolute Gasteiger partial charge is 0.288 e. The first kappa shape index (κ1) is 18.3. The van der Waals surface area contributed by atoms with Crippen LogP contribution in [0.15, 0.2) is 73.1 Å². The van der Waals surface area contributed by atoms with E-state index in [1.165, 1.54) is 23.5 Å². The molecule has 2 aromatic carbocycles. The number of aromatic amines is 1. The number of hydrogen-bond acceptors (Lipinski definition) is 5. The Morgan fingerprint density at radius 3 is 2.31 bits per heavy atom. The van der Waals surface area contributed by atoms with Gasteiger partial charge in [0.05, 0.1) is 11.9 Å². The van der Waals surface area contributed by atoms with E-state index in [-0.39, 0.29) is 5.82 Å². The fourth-order valence-corrected chi connectivity index (χ4v) is 2.86. The van der Waals surface area contributed by atoms with Gasteiger partial charge in [-0.25, -0.2) is 4.98 Å². The molecule has 0 bridgehead atoms. The molecule has 2 heterocycles. The summed E-state index contributed by atoms with van der Waals surface area (Å²) in [5, 5.41) is 13.8. The number of anilines is 2. The van der Waals surface area contributed by atoms with Gasteiger partial charge in [-0.05, 0) is 16.7 Å². The van der Waals surface area contributed by atoms with Crippen molar-refractivity contribution in [2.45, 2.75) is 13.1 Å². The van der Waals surface area contributed by atoms with Gasteiger partial charge in [0, 0.05) is 19.2 Å². The third-order valence-corrected chi connectivity index (χ3v) is 4.35. The lowest BCUT2D eigenvalue weighted by Gasteiger charge is -2.06. The summed E-state index contributed by atoms with van der Waals surface area (Å²) >= 11 is 0. The second kappa shape index (κ2) is 8.78. The monoisotopic (exact) mass is 381 g/mol. The predicted octanol–water partition coefficient (Wildman–Crippen LogP) is 4.45. The summed E-state index contributed by atoms with van der Waals surface area (Å²) in [5.74, 6) is 1.44. The van der Waals surface area contributed by atoms with Gasteiger partial charge in [0.2, 0.25) is 0 Å². The molecule has 0 atom stereocenters. The van der Waals surface area contributed by atoms with Crippen LogP contribution in [0.25, 0.3) is 16.1 Å². The molecular formula is C22H19N7. The third kappa shape index (κ3) is 4.83. The molecule has 4 rings (SSSR count). The lowest BCUT2D eigenvalue weighted by atomic mass is 10.1. The molecule has 0 aliphatic heterocycles. The number of hydrogen-bond donors (Lipinski definition) is 3. The second-order valence-electron chi connectivity index (χ2n) is 6.45. The minimum absolute atomic E-state index is 0.261. The minimum atomic E-state index is 0.261. The van der Waals surface area contributed by atoms with Crippen molar-refractivity contribution in [2.24, 2.45) is 0 Å². The summed E-state index contributed by atoms with van der Waals surface area (Å²) in [6.45, 7) is 8.56. The van der Waals surface area contributed by atoms with E-state index in [1.807, 2.05) is 24.3 Å². The van der Waals surface area contributed by atoms with Crippen molar-refractivity contribution in [1.29, 1.82) is 0 Å². The Hall–Kier alpha value is -4.02. The van der Waals surface area contributed by atoms with Crippen LogP contribution in [0.2, 0.25) is 0 Å². The summed E-state index contributed by atoms with van der Waals surface area (Å²) in [5.41, 5.74) is 4.45. The summed E-state index contributed by atoms with van der Waals surface area (Å²) in [6, 6.07) is 20.6. The van der Waals surface area contributed by atoms with E-state index in [1.54, 1.807) is 0 Å². The molecule has 0 aliphatic carbocycles. The molecule has 0 fully saturated rings. The molecular weight excluding hydrogens is 362 g/mol. The van der Waals surface area contributed by atoms with Crippen LogP contribution in [0.5, 0.6) is 0 Å². The van der Waals surface area contributed by atoms with Crippen LogP contribution >= 0.6 is 0 Å². The van der Waals surface area contributed by atoms with Gasteiger partial charge < -0.3 is 15.5 Å². The molecule has 0 saturated heterocycles. The first-order valence-electron chi connectivity index (χ1n) is 9.16. The highest BCUT2D eigenvalue weighted by Crippen LogP contribution is 2.22. The zero-order chi connectivity index (χ0) is 19.9. The Balaban J connectivity index is 1.34. The number of benzene rings is 2. The minimum Gasteiger partial charge on any atom is -0.359 e. The third-order valence-electron chi connectivity index (χ3n) is 4.35. The van der Waals surface area contributed by atoms with Gasteiger partial charge in [-0.1, -0.05) is 61.2 Å².